The van der Waals surface area contributed by atoms with E-state index < -0.39 is 23.3 Å². The number of rotatable bonds is 4. The van der Waals surface area contributed by atoms with E-state index in [4.69, 9.17) is 4.74 Å². The lowest BCUT2D eigenvalue weighted by atomic mass is 9.95. The lowest BCUT2D eigenvalue weighted by Gasteiger charge is -2.26. The van der Waals surface area contributed by atoms with Crippen LogP contribution in [0.1, 0.15) is 41.4 Å². The summed E-state index contributed by atoms with van der Waals surface area (Å²) in [5.74, 6) is 0.414. The molecule has 0 fully saturated rings. The topological polar surface area (TPSA) is 112 Å². The van der Waals surface area contributed by atoms with Crippen molar-refractivity contribution in [2.24, 2.45) is 0 Å². The molecule has 1 aliphatic rings. The van der Waals surface area contributed by atoms with Gasteiger partial charge >= 0.3 is 5.69 Å². The Labute approximate surface area is 183 Å². The van der Waals surface area contributed by atoms with E-state index >= 15 is 0 Å². The zero-order valence-corrected chi connectivity index (χ0v) is 17.8. The normalized spacial score (nSPS) is 16.6. The second-order valence-electron chi connectivity index (χ2n) is 8.02. The van der Waals surface area contributed by atoms with Crippen molar-refractivity contribution < 1.29 is 9.84 Å². The van der Waals surface area contributed by atoms with Crippen LogP contribution in [0.3, 0.4) is 0 Å². The minimum absolute atomic E-state index is 0.117. The molecular weight excluding hydrogens is 408 g/mol. The van der Waals surface area contributed by atoms with Gasteiger partial charge in [0.05, 0.1) is 19.2 Å². The highest BCUT2D eigenvalue weighted by Gasteiger charge is 2.32. The Kier molecular flexibility index (Phi) is 4.86. The van der Waals surface area contributed by atoms with E-state index in [9.17, 15) is 14.7 Å². The molecule has 3 heterocycles. The van der Waals surface area contributed by atoms with Crippen molar-refractivity contribution >= 4 is 10.9 Å². The molecule has 4 aromatic rings. The first kappa shape index (κ1) is 20.1. The molecule has 0 saturated carbocycles. The van der Waals surface area contributed by atoms with Crippen LogP contribution < -0.4 is 21.3 Å². The molecule has 8 nitrogen and oxygen atoms in total. The van der Waals surface area contributed by atoms with Crippen molar-refractivity contribution in [1.29, 1.82) is 0 Å². The maximum absolute atomic E-state index is 12.9. The summed E-state index contributed by atoms with van der Waals surface area (Å²) in [7, 11) is 1.62. The summed E-state index contributed by atoms with van der Waals surface area (Å²) in [6.07, 6.45) is 0.762. The molecule has 164 valence electrons. The van der Waals surface area contributed by atoms with Gasteiger partial charge in [0.2, 0.25) is 5.88 Å². The van der Waals surface area contributed by atoms with Crippen LogP contribution in [0, 0.1) is 0 Å². The third-order valence-corrected chi connectivity index (χ3v) is 6.27. The number of benzene rings is 2. The van der Waals surface area contributed by atoms with Crippen molar-refractivity contribution in [2.75, 3.05) is 13.7 Å². The van der Waals surface area contributed by atoms with Crippen LogP contribution in [0.2, 0.25) is 0 Å². The molecule has 1 aliphatic heterocycles. The van der Waals surface area contributed by atoms with E-state index in [1.54, 1.807) is 7.11 Å². The predicted octanol–water partition coefficient (Wildman–Crippen LogP) is 2.58. The number of aromatic hydroxyl groups is 1. The number of fused-ring (bicyclic) bond motifs is 3. The van der Waals surface area contributed by atoms with Gasteiger partial charge in [-0.05, 0) is 42.7 Å². The molecule has 0 amide bonds. The lowest BCUT2D eigenvalue weighted by molar-refractivity contribution is 0.372. The monoisotopic (exact) mass is 432 g/mol. The first-order chi connectivity index (χ1) is 15.5. The predicted molar refractivity (Wildman–Crippen MR) is 122 cm³/mol. The highest BCUT2D eigenvalue weighted by atomic mass is 16.5. The fourth-order valence-corrected chi connectivity index (χ4v) is 4.63. The third-order valence-electron chi connectivity index (χ3n) is 6.27. The lowest BCUT2D eigenvalue weighted by Crippen LogP contribution is -2.39. The van der Waals surface area contributed by atoms with Gasteiger partial charge in [-0.1, -0.05) is 30.3 Å². The first-order valence-electron chi connectivity index (χ1n) is 10.5. The molecular formula is C24H24N4O4. The van der Waals surface area contributed by atoms with Crippen molar-refractivity contribution in [3.8, 4) is 11.6 Å². The minimum Gasteiger partial charge on any atom is -0.497 e. The van der Waals surface area contributed by atoms with Gasteiger partial charge in [0.25, 0.3) is 5.56 Å². The average Bonchev–Trinajstić information content (AvgIpc) is 3.18. The molecule has 32 heavy (non-hydrogen) atoms. The highest BCUT2D eigenvalue weighted by Crippen LogP contribution is 2.36. The molecule has 2 atom stereocenters. The van der Waals surface area contributed by atoms with Crippen LogP contribution in [0.15, 0.2) is 58.1 Å². The molecule has 0 saturated heterocycles. The van der Waals surface area contributed by atoms with E-state index in [1.165, 1.54) is 4.57 Å². The number of hydrogen-bond acceptors (Lipinski definition) is 5. The molecule has 2 aromatic carbocycles. The van der Waals surface area contributed by atoms with E-state index in [0.717, 1.165) is 39.9 Å². The van der Waals surface area contributed by atoms with Gasteiger partial charge in [-0.15, -0.1) is 0 Å². The van der Waals surface area contributed by atoms with Gasteiger partial charge in [0.15, 0.2) is 0 Å². The van der Waals surface area contributed by atoms with Crippen LogP contribution in [-0.4, -0.2) is 33.3 Å². The van der Waals surface area contributed by atoms with Gasteiger partial charge in [0, 0.05) is 23.1 Å². The molecule has 0 unspecified atom stereocenters. The van der Waals surface area contributed by atoms with E-state index in [-0.39, 0.29) is 11.4 Å². The SMILES string of the molecule is COc1ccc2[nH]c3c(c2c1)CCN[C@H]3c1c(O)n([C@H](C)c2ccccc2)c(=O)[nH]c1=O. The third kappa shape index (κ3) is 3.11. The number of aromatic amines is 2. The Morgan fingerprint density at radius 3 is 2.66 bits per heavy atom. The highest BCUT2D eigenvalue weighted by molar-refractivity contribution is 5.86. The van der Waals surface area contributed by atoms with Crippen LogP contribution in [0.4, 0.5) is 0 Å². The molecule has 2 aromatic heterocycles. The molecule has 0 aliphatic carbocycles. The van der Waals surface area contributed by atoms with Gasteiger partial charge in [-0.2, -0.15) is 0 Å². The van der Waals surface area contributed by atoms with Crippen molar-refractivity contribution in [2.45, 2.75) is 25.4 Å². The largest absolute Gasteiger partial charge is 0.497 e. The summed E-state index contributed by atoms with van der Waals surface area (Å²) in [6, 6.07) is 14.1. The zero-order chi connectivity index (χ0) is 22.4. The average molecular weight is 432 g/mol. The Hall–Kier alpha value is -3.78. The maximum atomic E-state index is 12.9. The van der Waals surface area contributed by atoms with E-state index in [0.29, 0.717) is 6.54 Å². The van der Waals surface area contributed by atoms with Crippen LogP contribution in [0.25, 0.3) is 10.9 Å². The van der Waals surface area contributed by atoms with E-state index in [2.05, 4.69) is 15.3 Å². The zero-order valence-electron chi connectivity index (χ0n) is 17.8. The number of methoxy groups -OCH3 is 1. The van der Waals surface area contributed by atoms with Crippen LogP contribution in [-0.2, 0) is 6.42 Å². The Morgan fingerprint density at radius 2 is 1.91 bits per heavy atom. The number of H-pyrrole nitrogens is 2. The number of nitrogens with one attached hydrogen (secondary N) is 3. The minimum atomic E-state index is -0.648. The van der Waals surface area contributed by atoms with Crippen molar-refractivity contribution in [3.63, 3.8) is 0 Å². The smallest absolute Gasteiger partial charge is 0.331 e. The summed E-state index contributed by atoms with van der Waals surface area (Å²) in [5, 5.41) is 15.5. The first-order valence-corrected chi connectivity index (χ1v) is 10.5. The molecule has 0 bridgehead atoms. The van der Waals surface area contributed by atoms with Crippen LogP contribution >= 0.6 is 0 Å². The Bertz CT molecular complexity index is 1420. The number of aromatic nitrogens is 3. The fraction of sp³-hybridized carbons (Fsp3) is 0.250. The molecule has 0 spiro atoms. The van der Waals surface area contributed by atoms with Crippen molar-refractivity contribution in [3.05, 3.63) is 91.8 Å². The number of nitrogens with zero attached hydrogens (tertiary/aromatic N) is 1. The van der Waals surface area contributed by atoms with Gasteiger partial charge in [-0.25, -0.2) is 4.79 Å². The standard InChI is InChI=1S/C24H24N4O4/c1-13(14-6-4-3-5-7-14)28-23(30)19(22(29)27-24(28)31)21-20-16(10-11-25-21)17-12-15(32-2)8-9-18(17)26-20/h3-9,12-13,21,25-26,30H,10-11H2,1-2H3,(H,27,29,31)/t13-,21+/m1/s1. The second kappa shape index (κ2) is 7.72. The van der Waals surface area contributed by atoms with Gasteiger partial charge < -0.3 is 20.1 Å². The second-order valence-corrected chi connectivity index (χ2v) is 8.02. The van der Waals surface area contributed by atoms with Gasteiger partial charge in [-0.3, -0.25) is 14.3 Å². The molecule has 8 heteroatoms. The maximum Gasteiger partial charge on any atom is 0.331 e. The number of ether oxygens (including phenoxy) is 1. The summed E-state index contributed by atoms with van der Waals surface area (Å²) in [6.45, 7) is 2.43. The quantitative estimate of drug-likeness (QED) is 0.396. The molecule has 5 rings (SSSR count). The summed E-state index contributed by atoms with van der Waals surface area (Å²) in [4.78, 5) is 31.4. The molecule has 0 radical (unpaired) electrons. The summed E-state index contributed by atoms with van der Waals surface area (Å²) < 4.78 is 6.60. The van der Waals surface area contributed by atoms with Crippen LogP contribution in [0.5, 0.6) is 11.6 Å². The van der Waals surface area contributed by atoms with Gasteiger partial charge in [0.1, 0.15) is 11.3 Å². The Balaban J connectivity index is 1.68. The Morgan fingerprint density at radius 1 is 1.12 bits per heavy atom. The van der Waals surface area contributed by atoms with Crippen molar-refractivity contribution in [1.82, 2.24) is 19.9 Å². The summed E-state index contributed by atoms with van der Waals surface area (Å²) >= 11 is 0. The number of hydrogen-bond donors (Lipinski definition) is 4. The molecule has 4 N–H and O–H groups in total. The summed E-state index contributed by atoms with van der Waals surface area (Å²) in [5.41, 5.74) is 2.50. The fourth-order valence-electron chi connectivity index (χ4n) is 4.63. The van der Waals surface area contributed by atoms with E-state index in [1.807, 2.05) is 55.5 Å².